The topological polar surface area (TPSA) is 60.6 Å². The van der Waals surface area contributed by atoms with Gasteiger partial charge in [-0.05, 0) is 18.6 Å². The fourth-order valence-corrected chi connectivity index (χ4v) is 1.90. The highest BCUT2D eigenvalue weighted by Gasteiger charge is 2.17. The molecule has 18 heavy (non-hydrogen) atoms. The fraction of sp³-hybridized carbons (Fsp3) is 0.308. The Hall–Kier alpha value is -2.17. The molecule has 0 radical (unpaired) electrons. The van der Waals surface area contributed by atoms with Gasteiger partial charge in [-0.1, -0.05) is 6.92 Å². The van der Waals surface area contributed by atoms with Crippen molar-refractivity contribution in [3.8, 4) is 11.5 Å². The Kier molecular flexibility index (Phi) is 2.59. The van der Waals surface area contributed by atoms with Gasteiger partial charge in [0.05, 0.1) is 12.1 Å². The highest BCUT2D eigenvalue weighted by atomic mass is 16.7. The summed E-state index contributed by atoms with van der Waals surface area (Å²) in [6.07, 6.45) is 0.807. The molecule has 1 aromatic carbocycles. The standard InChI is InChI=1S/C13H13NO4/c1-2-3-16-13(15)10-4-8-5-11-12(18-7-17-11)6-9(8)14-10/h4-6,14H,2-3,7H2,1H3. The molecule has 94 valence electrons. The van der Waals surface area contributed by atoms with E-state index in [1.807, 2.05) is 19.1 Å². The van der Waals surface area contributed by atoms with Crippen LogP contribution in [0.5, 0.6) is 11.5 Å². The van der Waals surface area contributed by atoms with Gasteiger partial charge >= 0.3 is 5.97 Å². The molecule has 5 nitrogen and oxygen atoms in total. The average Bonchev–Trinajstić information content (AvgIpc) is 2.97. The maximum absolute atomic E-state index is 11.7. The van der Waals surface area contributed by atoms with Crippen LogP contribution < -0.4 is 9.47 Å². The minimum absolute atomic E-state index is 0.243. The Balaban J connectivity index is 1.94. The lowest BCUT2D eigenvalue weighted by molar-refractivity contribution is 0.0499. The van der Waals surface area contributed by atoms with E-state index >= 15 is 0 Å². The predicted octanol–water partition coefficient (Wildman–Crippen LogP) is 2.46. The summed E-state index contributed by atoms with van der Waals surface area (Å²) in [5.41, 5.74) is 1.28. The third kappa shape index (κ3) is 1.77. The number of ether oxygens (including phenoxy) is 3. The molecule has 1 N–H and O–H groups in total. The van der Waals surface area contributed by atoms with Gasteiger partial charge in [0.15, 0.2) is 11.5 Å². The molecule has 0 amide bonds. The van der Waals surface area contributed by atoms with Gasteiger partial charge in [-0.15, -0.1) is 0 Å². The van der Waals surface area contributed by atoms with Crippen LogP contribution in [0.2, 0.25) is 0 Å². The Labute approximate surface area is 104 Å². The van der Waals surface area contributed by atoms with Crippen LogP contribution in [0.15, 0.2) is 18.2 Å². The molecule has 0 saturated heterocycles. The number of aromatic nitrogens is 1. The molecule has 5 heteroatoms. The number of H-pyrrole nitrogens is 1. The quantitative estimate of drug-likeness (QED) is 0.846. The number of carbonyl (C=O) groups excluding carboxylic acids is 1. The first kappa shape index (κ1) is 11.0. The van der Waals surface area contributed by atoms with E-state index in [4.69, 9.17) is 14.2 Å². The molecule has 1 aliphatic rings. The summed E-state index contributed by atoms with van der Waals surface area (Å²) in [7, 11) is 0. The third-order valence-corrected chi connectivity index (χ3v) is 2.77. The van der Waals surface area contributed by atoms with Gasteiger partial charge in [0, 0.05) is 11.5 Å². The molecule has 0 atom stereocenters. The van der Waals surface area contributed by atoms with Gasteiger partial charge in [-0.25, -0.2) is 4.79 Å². The molecule has 1 aliphatic heterocycles. The van der Waals surface area contributed by atoms with Crippen LogP contribution in [0.1, 0.15) is 23.8 Å². The molecule has 0 fully saturated rings. The van der Waals surface area contributed by atoms with Crippen LogP contribution in [0, 0.1) is 0 Å². The summed E-state index contributed by atoms with van der Waals surface area (Å²) in [6, 6.07) is 5.44. The summed E-state index contributed by atoms with van der Waals surface area (Å²) in [6.45, 7) is 2.63. The van der Waals surface area contributed by atoms with Gasteiger partial charge in [0.25, 0.3) is 0 Å². The van der Waals surface area contributed by atoms with E-state index in [0.29, 0.717) is 23.8 Å². The van der Waals surface area contributed by atoms with Gasteiger partial charge in [0.1, 0.15) is 5.69 Å². The van der Waals surface area contributed by atoms with Crippen LogP contribution in [0.4, 0.5) is 0 Å². The first-order valence-corrected chi connectivity index (χ1v) is 5.87. The number of rotatable bonds is 3. The largest absolute Gasteiger partial charge is 0.461 e. The lowest BCUT2D eigenvalue weighted by atomic mass is 10.2. The molecule has 0 unspecified atom stereocenters. The van der Waals surface area contributed by atoms with Gasteiger partial charge in [-0.3, -0.25) is 0 Å². The summed E-state index contributed by atoms with van der Waals surface area (Å²) in [4.78, 5) is 14.7. The molecule has 1 aromatic heterocycles. The number of fused-ring (bicyclic) bond motifs is 2. The van der Waals surface area contributed by atoms with Crippen molar-refractivity contribution in [3.63, 3.8) is 0 Å². The van der Waals surface area contributed by atoms with Crippen molar-refractivity contribution in [1.82, 2.24) is 4.98 Å². The minimum Gasteiger partial charge on any atom is -0.461 e. The molecular weight excluding hydrogens is 234 g/mol. The first-order chi connectivity index (χ1) is 8.78. The van der Waals surface area contributed by atoms with E-state index in [-0.39, 0.29) is 12.8 Å². The number of carbonyl (C=O) groups is 1. The number of benzene rings is 1. The average molecular weight is 247 g/mol. The Morgan fingerprint density at radius 1 is 1.33 bits per heavy atom. The lowest BCUT2D eigenvalue weighted by Gasteiger charge is -1.99. The Morgan fingerprint density at radius 3 is 2.89 bits per heavy atom. The number of hydrogen-bond acceptors (Lipinski definition) is 4. The zero-order valence-corrected chi connectivity index (χ0v) is 9.99. The lowest BCUT2D eigenvalue weighted by Crippen LogP contribution is -2.05. The van der Waals surface area contributed by atoms with Crippen molar-refractivity contribution >= 4 is 16.9 Å². The molecule has 2 heterocycles. The summed E-state index contributed by atoms with van der Waals surface area (Å²) in [5.74, 6) is 1.06. The summed E-state index contributed by atoms with van der Waals surface area (Å²) < 4.78 is 15.6. The van der Waals surface area contributed by atoms with Crippen LogP contribution in [-0.2, 0) is 4.74 Å². The van der Waals surface area contributed by atoms with Crippen LogP contribution in [0.25, 0.3) is 10.9 Å². The van der Waals surface area contributed by atoms with Crippen LogP contribution in [-0.4, -0.2) is 24.4 Å². The number of hydrogen-bond donors (Lipinski definition) is 1. The number of aromatic amines is 1. The zero-order chi connectivity index (χ0) is 12.5. The zero-order valence-electron chi connectivity index (χ0n) is 9.99. The first-order valence-electron chi connectivity index (χ1n) is 5.87. The van der Waals surface area contributed by atoms with Gasteiger partial charge < -0.3 is 19.2 Å². The molecule has 0 aliphatic carbocycles. The maximum Gasteiger partial charge on any atom is 0.354 e. The van der Waals surface area contributed by atoms with Crippen molar-refractivity contribution in [2.45, 2.75) is 13.3 Å². The number of esters is 1. The van der Waals surface area contributed by atoms with Gasteiger partial charge in [0.2, 0.25) is 6.79 Å². The van der Waals surface area contributed by atoms with Crippen molar-refractivity contribution in [2.75, 3.05) is 13.4 Å². The predicted molar refractivity (Wildman–Crippen MR) is 65.0 cm³/mol. The molecule has 0 saturated carbocycles. The van der Waals surface area contributed by atoms with E-state index in [9.17, 15) is 4.79 Å². The highest BCUT2D eigenvalue weighted by Crippen LogP contribution is 2.36. The van der Waals surface area contributed by atoms with Crippen molar-refractivity contribution in [2.24, 2.45) is 0 Å². The van der Waals surface area contributed by atoms with Crippen LogP contribution in [0.3, 0.4) is 0 Å². The second-order valence-corrected chi connectivity index (χ2v) is 4.11. The molecule has 3 rings (SSSR count). The van der Waals surface area contributed by atoms with E-state index < -0.39 is 0 Å². The maximum atomic E-state index is 11.7. The van der Waals surface area contributed by atoms with Gasteiger partial charge in [-0.2, -0.15) is 0 Å². The highest BCUT2D eigenvalue weighted by molar-refractivity contribution is 5.95. The van der Waals surface area contributed by atoms with Crippen LogP contribution >= 0.6 is 0 Å². The summed E-state index contributed by atoms with van der Waals surface area (Å²) in [5, 5.41) is 0.905. The smallest absolute Gasteiger partial charge is 0.354 e. The second kappa shape index (κ2) is 4.25. The van der Waals surface area contributed by atoms with E-state index in [2.05, 4.69) is 4.98 Å². The summed E-state index contributed by atoms with van der Waals surface area (Å²) >= 11 is 0. The van der Waals surface area contributed by atoms with E-state index in [1.54, 1.807) is 6.07 Å². The Bertz CT molecular complexity index is 561. The fourth-order valence-electron chi connectivity index (χ4n) is 1.90. The van der Waals surface area contributed by atoms with Crippen molar-refractivity contribution in [1.29, 1.82) is 0 Å². The third-order valence-electron chi connectivity index (χ3n) is 2.77. The molecular formula is C13H13NO4. The normalized spacial score (nSPS) is 12.9. The molecule has 0 bridgehead atoms. The Morgan fingerprint density at radius 2 is 2.11 bits per heavy atom. The molecule has 2 aromatic rings. The van der Waals surface area contributed by atoms with E-state index in [0.717, 1.165) is 17.3 Å². The van der Waals surface area contributed by atoms with E-state index in [1.165, 1.54) is 0 Å². The van der Waals surface area contributed by atoms with Crippen molar-refractivity contribution in [3.05, 3.63) is 23.9 Å². The second-order valence-electron chi connectivity index (χ2n) is 4.11. The minimum atomic E-state index is -0.338. The monoisotopic (exact) mass is 247 g/mol. The van der Waals surface area contributed by atoms with Crippen molar-refractivity contribution < 1.29 is 19.0 Å². The number of nitrogens with one attached hydrogen (secondary N) is 1. The molecule has 0 spiro atoms. The SMILES string of the molecule is CCCOC(=O)c1cc2cc3c(cc2[nH]1)OCO3.